The van der Waals surface area contributed by atoms with Crippen molar-refractivity contribution in [3.05, 3.63) is 77.1 Å². The highest BCUT2D eigenvalue weighted by Crippen LogP contribution is 2.28. The summed E-state index contributed by atoms with van der Waals surface area (Å²) in [4.78, 5) is 23.1. The third kappa shape index (κ3) is 5.24. The number of aliphatic carboxylic acids is 1. The maximum absolute atomic E-state index is 12.5. The summed E-state index contributed by atoms with van der Waals surface area (Å²) in [5.74, 6) is -0.817. The fraction of sp³-hybridized carbons (Fsp3) is 0.0952. The van der Waals surface area contributed by atoms with E-state index < -0.39 is 12.6 Å². The number of halogens is 1. The van der Waals surface area contributed by atoms with Crippen molar-refractivity contribution in [1.82, 2.24) is 9.78 Å². The quantitative estimate of drug-likeness (QED) is 0.446. The number of carboxylic acids is 1. The topological polar surface area (TPSA) is 90.6 Å². The zero-order valence-corrected chi connectivity index (χ0v) is 16.2. The Labute approximate surface area is 171 Å². The van der Waals surface area contributed by atoms with E-state index in [0.29, 0.717) is 10.6 Å². The van der Waals surface area contributed by atoms with Gasteiger partial charge in [-0.05, 0) is 54.6 Å². The first-order valence-corrected chi connectivity index (χ1v) is 8.89. The number of allylic oxidation sites excluding steroid dienone is 1. The van der Waals surface area contributed by atoms with Crippen LogP contribution in [-0.2, 0) is 4.79 Å². The summed E-state index contributed by atoms with van der Waals surface area (Å²) in [6.45, 7) is -0.499. The van der Waals surface area contributed by atoms with Gasteiger partial charge in [0.2, 0.25) is 0 Å². The largest absolute Gasteiger partial charge is 0.493 e. The van der Waals surface area contributed by atoms with Gasteiger partial charge >= 0.3 is 5.97 Å². The van der Waals surface area contributed by atoms with Crippen molar-refractivity contribution >= 4 is 29.4 Å². The molecule has 0 saturated carbocycles. The molecule has 1 heterocycles. The Hall–Kier alpha value is -3.58. The Morgan fingerprint density at radius 3 is 2.62 bits per heavy atom. The average molecular weight is 413 g/mol. The van der Waals surface area contributed by atoms with Crippen LogP contribution in [0.2, 0.25) is 5.02 Å². The molecular formula is C21H17ClN2O5. The summed E-state index contributed by atoms with van der Waals surface area (Å²) in [7, 11) is 1.41. The van der Waals surface area contributed by atoms with Gasteiger partial charge in [-0.1, -0.05) is 11.6 Å². The Bertz CT molecular complexity index is 1060. The number of aromatic nitrogens is 2. The first kappa shape index (κ1) is 20.2. The number of rotatable bonds is 8. The summed E-state index contributed by atoms with van der Waals surface area (Å²) in [5, 5.41) is 13.6. The molecule has 29 heavy (non-hydrogen) atoms. The van der Waals surface area contributed by atoms with Crippen molar-refractivity contribution in [2.75, 3.05) is 13.7 Å². The maximum atomic E-state index is 12.5. The molecule has 1 aromatic heterocycles. The molecule has 3 aromatic rings. The van der Waals surface area contributed by atoms with Gasteiger partial charge in [0, 0.05) is 22.3 Å². The van der Waals surface area contributed by atoms with Gasteiger partial charge in [0.25, 0.3) is 0 Å². The van der Waals surface area contributed by atoms with Gasteiger partial charge in [-0.25, -0.2) is 9.48 Å². The number of carbonyl (C=O) groups excluding carboxylic acids is 1. The van der Waals surface area contributed by atoms with E-state index in [2.05, 4.69) is 5.10 Å². The standard InChI is InChI=1S/C21H17ClN2O5/c1-28-20-10-15(3-9-19(20)29-13-21(26)27)18(25)8-2-14-11-23-24(12-14)17-6-4-16(22)5-7-17/h2-12H,13H2,1H3,(H,26,27). The van der Waals surface area contributed by atoms with E-state index in [-0.39, 0.29) is 17.3 Å². The normalized spacial score (nSPS) is 10.8. The zero-order chi connectivity index (χ0) is 20.8. The van der Waals surface area contributed by atoms with Gasteiger partial charge in [0.05, 0.1) is 19.0 Å². The lowest BCUT2D eigenvalue weighted by atomic mass is 10.1. The van der Waals surface area contributed by atoms with Crippen molar-refractivity contribution in [3.8, 4) is 17.2 Å². The van der Waals surface area contributed by atoms with Crippen molar-refractivity contribution in [2.24, 2.45) is 0 Å². The van der Waals surface area contributed by atoms with Crippen LogP contribution in [0.5, 0.6) is 11.5 Å². The summed E-state index contributed by atoms with van der Waals surface area (Å²) < 4.78 is 12.0. The molecule has 0 radical (unpaired) electrons. The molecule has 0 bridgehead atoms. The molecule has 2 aromatic carbocycles. The first-order chi connectivity index (χ1) is 14.0. The number of ether oxygens (including phenoxy) is 2. The van der Waals surface area contributed by atoms with Gasteiger partial charge in [-0.15, -0.1) is 0 Å². The van der Waals surface area contributed by atoms with Crippen LogP contribution in [0.1, 0.15) is 15.9 Å². The fourth-order valence-corrected chi connectivity index (χ4v) is 2.63. The van der Waals surface area contributed by atoms with Gasteiger partial charge < -0.3 is 14.6 Å². The number of ketones is 1. The monoisotopic (exact) mass is 412 g/mol. The molecule has 1 N–H and O–H groups in total. The number of benzene rings is 2. The smallest absolute Gasteiger partial charge is 0.341 e. The molecule has 148 valence electrons. The van der Waals surface area contributed by atoms with Crippen LogP contribution < -0.4 is 9.47 Å². The highest BCUT2D eigenvalue weighted by Gasteiger charge is 2.11. The molecule has 0 atom stereocenters. The number of nitrogens with zero attached hydrogens (tertiary/aromatic N) is 2. The van der Waals surface area contributed by atoms with Gasteiger partial charge in [-0.3, -0.25) is 4.79 Å². The van der Waals surface area contributed by atoms with E-state index in [0.717, 1.165) is 11.3 Å². The zero-order valence-electron chi connectivity index (χ0n) is 15.4. The average Bonchev–Trinajstić information content (AvgIpc) is 3.19. The molecule has 0 aliphatic rings. The molecule has 0 spiro atoms. The van der Waals surface area contributed by atoms with Gasteiger partial charge in [0.15, 0.2) is 23.9 Å². The number of carboxylic acid groups (broad SMARTS) is 1. The van der Waals surface area contributed by atoms with Crippen LogP contribution >= 0.6 is 11.6 Å². The Morgan fingerprint density at radius 2 is 1.93 bits per heavy atom. The molecule has 0 saturated heterocycles. The lowest BCUT2D eigenvalue weighted by molar-refractivity contribution is -0.139. The highest BCUT2D eigenvalue weighted by molar-refractivity contribution is 6.30. The minimum atomic E-state index is -1.10. The van der Waals surface area contributed by atoms with E-state index in [4.69, 9.17) is 26.2 Å². The molecule has 0 aliphatic heterocycles. The van der Waals surface area contributed by atoms with Crippen LogP contribution in [-0.4, -0.2) is 40.4 Å². The molecule has 0 aliphatic carbocycles. The summed E-state index contributed by atoms with van der Waals surface area (Å²) >= 11 is 5.89. The van der Waals surface area contributed by atoms with Crippen LogP contribution in [0.4, 0.5) is 0 Å². The Morgan fingerprint density at radius 1 is 1.17 bits per heavy atom. The van der Waals surface area contributed by atoms with Crippen molar-refractivity contribution < 1.29 is 24.2 Å². The minimum absolute atomic E-state index is 0.243. The van der Waals surface area contributed by atoms with Crippen molar-refractivity contribution in [1.29, 1.82) is 0 Å². The van der Waals surface area contributed by atoms with Gasteiger partial charge in [-0.2, -0.15) is 5.10 Å². The van der Waals surface area contributed by atoms with E-state index in [1.54, 1.807) is 41.4 Å². The molecular weight excluding hydrogens is 396 g/mol. The van der Waals surface area contributed by atoms with E-state index in [1.807, 2.05) is 12.1 Å². The second kappa shape index (κ2) is 9.07. The third-order valence-electron chi connectivity index (χ3n) is 3.92. The highest BCUT2D eigenvalue weighted by atomic mass is 35.5. The molecule has 0 fully saturated rings. The van der Waals surface area contributed by atoms with Gasteiger partial charge in [0.1, 0.15) is 0 Å². The summed E-state index contributed by atoms with van der Waals surface area (Å²) in [6.07, 6.45) is 6.51. The predicted octanol–water partition coefficient (Wildman–Crippen LogP) is 3.89. The molecule has 7 nitrogen and oxygen atoms in total. The second-order valence-electron chi connectivity index (χ2n) is 5.94. The third-order valence-corrected chi connectivity index (χ3v) is 4.17. The van der Waals surface area contributed by atoms with Crippen LogP contribution in [0.25, 0.3) is 11.8 Å². The van der Waals surface area contributed by atoms with Crippen molar-refractivity contribution in [3.63, 3.8) is 0 Å². The maximum Gasteiger partial charge on any atom is 0.341 e. The van der Waals surface area contributed by atoms with Crippen LogP contribution in [0.15, 0.2) is 60.9 Å². The summed E-state index contributed by atoms with van der Waals surface area (Å²) in [5.41, 5.74) is 1.98. The lowest BCUT2D eigenvalue weighted by Gasteiger charge is -2.09. The number of hydrogen-bond acceptors (Lipinski definition) is 5. The van der Waals surface area contributed by atoms with E-state index in [9.17, 15) is 9.59 Å². The number of carbonyl (C=O) groups is 2. The Kier molecular flexibility index (Phi) is 6.31. The number of hydrogen-bond donors (Lipinski definition) is 1. The lowest BCUT2D eigenvalue weighted by Crippen LogP contribution is -2.10. The molecule has 0 amide bonds. The molecule has 8 heteroatoms. The molecule has 0 unspecified atom stereocenters. The van der Waals surface area contributed by atoms with Crippen LogP contribution in [0, 0.1) is 0 Å². The van der Waals surface area contributed by atoms with Crippen molar-refractivity contribution in [2.45, 2.75) is 0 Å². The Balaban J connectivity index is 1.72. The summed E-state index contributed by atoms with van der Waals surface area (Å²) in [6, 6.07) is 11.8. The van der Waals surface area contributed by atoms with E-state index in [1.165, 1.54) is 25.3 Å². The SMILES string of the molecule is COc1cc(C(=O)C=Cc2cnn(-c3ccc(Cl)cc3)c2)ccc1OCC(=O)O. The fourth-order valence-electron chi connectivity index (χ4n) is 2.51. The number of methoxy groups -OCH3 is 1. The molecule has 3 rings (SSSR count). The second-order valence-corrected chi connectivity index (χ2v) is 6.38. The minimum Gasteiger partial charge on any atom is -0.493 e. The first-order valence-electron chi connectivity index (χ1n) is 8.52. The van der Waals surface area contributed by atoms with Crippen LogP contribution in [0.3, 0.4) is 0 Å². The predicted molar refractivity (Wildman–Crippen MR) is 108 cm³/mol. The van der Waals surface area contributed by atoms with E-state index >= 15 is 0 Å².